The number of nitrogens with zero attached hydrogens (tertiary/aromatic N) is 8. The minimum Gasteiger partial charge on any atom is -0.368 e. The Hall–Kier alpha value is -4.08. The van der Waals surface area contributed by atoms with E-state index in [4.69, 9.17) is 0 Å². The van der Waals surface area contributed by atoms with Crippen molar-refractivity contribution in [1.82, 2.24) is 29.5 Å². The molecular weight excluding hydrogens is 406 g/mol. The topological polar surface area (TPSA) is 104 Å². The molecule has 1 amide bonds. The van der Waals surface area contributed by atoms with E-state index in [2.05, 4.69) is 64.4 Å². The zero-order chi connectivity index (χ0) is 22.1. The molecule has 1 fully saturated rings. The van der Waals surface area contributed by atoms with Gasteiger partial charge in [0.1, 0.15) is 18.0 Å². The second-order valence-electron chi connectivity index (χ2n) is 7.71. The molecule has 10 heteroatoms. The lowest BCUT2D eigenvalue weighted by Crippen LogP contribution is -2.46. The standard InChI is InChI=1S/C22H23N9O/c1-15-12-16(2)31-22(25-15)27-20(28-31)21(32)26-18-13-19(24-14-23-18)30-10-8-29(9-11-30)17-6-4-3-5-7-17/h3-7,12-14H,8-11H2,1-2H3,(H,23,24,26,32). The summed E-state index contributed by atoms with van der Waals surface area (Å²) in [5.41, 5.74) is 2.91. The van der Waals surface area contributed by atoms with Crippen LogP contribution in [-0.2, 0) is 0 Å². The Kier molecular flexibility index (Phi) is 5.10. The summed E-state index contributed by atoms with van der Waals surface area (Å²) in [5.74, 6) is 1.19. The van der Waals surface area contributed by atoms with Crippen LogP contribution >= 0.6 is 0 Å². The van der Waals surface area contributed by atoms with Crippen LogP contribution in [-0.4, -0.2) is 61.6 Å². The van der Waals surface area contributed by atoms with Crippen molar-refractivity contribution < 1.29 is 4.79 Å². The van der Waals surface area contributed by atoms with Crippen molar-refractivity contribution in [1.29, 1.82) is 0 Å². The molecule has 1 aromatic carbocycles. The number of hydrogen-bond donors (Lipinski definition) is 1. The Balaban J connectivity index is 1.27. The number of nitrogens with one attached hydrogen (secondary N) is 1. The highest BCUT2D eigenvalue weighted by molar-refractivity contribution is 6.01. The second kappa shape index (κ2) is 8.22. The molecule has 162 valence electrons. The molecule has 0 radical (unpaired) electrons. The number of para-hydroxylation sites is 1. The van der Waals surface area contributed by atoms with Crippen molar-refractivity contribution in [3.63, 3.8) is 0 Å². The van der Waals surface area contributed by atoms with Gasteiger partial charge in [-0.15, -0.1) is 5.10 Å². The Morgan fingerprint density at radius 2 is 1.69 bits per heavy atom. The van der Waals surface area contributed by atoms with Gasteiger partial charge in [0.05, 0.1) is 0 Å². The molecule has 1 aliphatic heterocycles. The number of rotatable bonds is 4. The van der Waals surface area contributed by atoms with Gasteiger partial charge in [-0.3, -0.25) is 4.79 Å². The van der Waals surface area contributed by atoms with Crippen molar-refractivity contribution in [3.8, 4) is 0 Å². The van der Waals surface area contributed by atoms with Crippen LogP contribution in [0, 0.1) is 13.8 Å². The van der Waals surface area contributed by atoms with Crippen LogP contribution in [0.15, 0.2) is 48.8 Å². The number of anilines is 3. The second-order valence-corrected chi connectivity index (χ2v) is 7.71. The monoisotopic (exact) mass is 429 g/mol. The van der Waals surface area contributed by atoms with E-state index in [1.54, 1.807) is 10.6 Å². The molecule has 1 aliphatic rings. The SMILES string of the molecule is Cc1cc(C)n2nc(C(=O)Nc3cc(N4CCN(c5ccccc5)CC4)ncn3)nc2n1. The molecule has 4 aromatic rings. The predicted octanol–water partition coefficient (Wildman–Crippen LogP) is 2.11. The molecule has 0 bridgehead atoms. The average molecular weight is 429 g/mol. The van der Waals surface area contributed by atoms with E-state index in [9.17, 15) is 4.79 Å². The summed E-state index contributed by atoms with van der Waals surface area (Å²) in [6, 6.07) is 14.0. The van der Waals surface area contributed by atoms with Gasteiger partial charge < -0.3 is 15.1 Å². The third kappa shape index (κ3) is 3.94. The maximum atomic E-state index is 12.7. The van der Waals surface area contributed by atoms with Gasteiger partial charge in [0.25, 0.3) is 11.7 Å². The molecule has 4 heterocycles. The average Bonchev–Trinajstić information content (AvgIpc) is 3.25. The first kappa shape index (κ1) is 19.9. The Morgan fingerprint density at radius 1 is 0.938 bits per heavy atom. The van der Waals surface area contributed by atoms with Crippen molar-refractivity contribution in [3.05, 3.63) is 66.0 Å². The van der Waals surface area contributed by atoms with Crippen LogP contribution < -0.4 is 15.1 Å². The fraction of sp³-hybridized carbons (Fsp3) is 0.273. The van der Waals surface area contributed by atoms with E-state index >= 15 is 0 Å². The predicted molar refractivity (Wildman–Crippen MR) is 121 cm³/mol. The fourth-order valence-corrected chi connectivity index (χ4v) is 3.86. The smallest absolute Gasteiger partial charge is 0.296 e. The molecule has 3 aromatic heterocycles. The Morgan fingerprint density at radius 3 is 2.47 bits per heavy atom. The lowest BCUT2D eigenvalue weighted by molar-refractivity contribution is 0.101. The van der Waals surface area contributed by atoms with E-state index in [-0.39, 0.29) is 5.82 Å². The first-order chi connectivity index (χ1) is 15.6. The number of carbonyl (C=O) groups excluding carboxylic acids is 1. The number of aromatic nitrogens is 6. The molecule has 32 heavy (non-hydrogen) atoms. The van der Waals surface area contributed by atoms with Gasteiger partial charge in [-0.25, -0.2) is 19.5 Å². The van der Waals surface area contributed by atoms with Gasteiger partial charge in [0.2, 0.25) is 5.82 Å². The van der Waals surface area contributed by atoms with E-state index in [0.29, 0.717) is 11.6 Å². The number of benzene rings is 1. The fourth-order valence-electron chi connectivity index (χ4n) is 3.86. The highest BCUT2D eigenvalue weighted by atomic mass is 16.2. The van der Waals surface area contributed by atoms with E-state index in [1.807, 2.05) is 26.0 Å². The highest BCUT2D eigenvalue weighted by Gasteiger charge is 2.20. The Labute approximate surface area is 185 Å². The largest absolute Gasteiger partial charge is 0.368 e. The van der Waals surface area contributed by atoms with E-state index in [1.165, 1.54) is 12.0 Å². The summed E-state index contributed by atoms with van der Waals surface area (Å²) in [5, 5.41) is 7.04. The minimum atomic E-state index is -0.439. The summed E-state index contributed by atoms with van der Waals surface area (Å²) in [4.78, 5) is 34.4. The molecule has 0 aliphatic carbocycles. The molecule has 0 spiro atoms. The summed E-state index contributed by atoms with van der Waals surface area (Å²) in [7, 11) is 0. The van der Waals surface area contributed by atoms with Crippen LogP contribution in [0.2, 0.25) is 0 Å². The lowest BCUT2D eigenvalue weighted by atomic mass is 10.2. The van der Waals surface area contributed by atoms with Crippen LogP contribution in [0.3, 0.4) is 0 Å². The molecule has 0 atom stereocenters. The number of amides is 1. The first-order valence-corrected chi connectivity index (χ1v) is 10.5. The minimum absolute atomic E-state index is 0.0443. The summed E-state index contributed by atoms with van der Waals surface area (Å²) in [6.45, 7) is 7.23. The molecule has 1 N–H and O–H groups in total. The van der Waals surface area contributed by atoms with Crippen LogP contribution in [0.4, 0.5) is 17.3 Å². The quantitative estimate of drug-likeness (QED) is 0.526. The van der Waals surface area contributed by atoms with Crippen molar-refractivity contribution in [2.24, 2.45) is 0 Å². The zero-order valence-corrected chi connectivity index (χ0v) is 17.9. The van der Waals surface area contributed by atoms with Gasteiger partial charge in [-0.2, -0.15) is 4.98 Å². The lowest BCUT2D eigenvalue weighted by Gasteiger charge is -2.36. The number of fused-ring (bicyclic) bond motifs is 1. The maximum Gasteiger partial charge on any atom is 0.296 e. The summed E-state index contributed by atoms with van der Waals surface area (Å²) < 4.78 is 1.56. The van der Waals surface area contributed by atoms with Crippen molar-refractivity contribution >= 4 is 29.0 Å². The maximum absolute atomic E-state index is 12.7. The van der Waals surface area contributed by atoms with E-state index < -0.39 is 5.91 Å². The van der Waals surface area contributed by atoms with Gasteiger partial charge in [-0.1, -0.05) is 18.2 Å². The third-order valence-corrected chi connectivity index (χ3v) is 5.44. The van der Waals surface area contributed by atoms with Crippen LogP contribution in [0.1, 0.15) is 22.0 Å². The zero-order valence-electron chi connectivity index (χ0n) is 17.9. The molecule has 5 rings (SSSR count). The normalized spacial score (nSPS) is 14.1. The molecule has 10 nitrogen and oxygen atoms in total. The number of hydrogen-bond acceptors (Lipinski definition) is 8. The molecular formula is C22H23N9O. The van der Waals surface area contributed by atoms with Gasteiger partial charge in [0.15, 0.2) is 0 Å². The van der Waals surface area contributed by atoms with Gasteiger partial charge in [0, 0.05) is 49.3 Å². The van der Waals surface area contributed by atoms with Crippen LogP contribution in [0.25, 0.3) is 5.78 Å². The number of carbonyl (C=O) groups is 1. The third-order valence-electron chi connectivity index (χ3n) is 5.44. The summed E-state index contributed by atoms with van der Waals surface area (Å²) in [6.07, 6.45) is 1.46. The van der Waals surface area contributed by atoms with Gasteiger partial charge in [-0.05, 0) is 32.0 Å². The van der Waals surface area contributed by atoms with E-state index in [0.717, 1.165) is 43.4 Å². The molecule has 0 unspecified atom stereocenters. The van der Waals surface area contributed by atoms with Gasteiger partial charge >= 0.3 is 0 Å². The Bertz CT molecular complexity index is 1260. The number of aryl methyl sites for hydroxylation is 2. The summed E-state index contributed by atoms with van der Waals surface area (Å²) >= 11 is 0. The first-order valence-electron chi connectivity index (χ1n) is 10.5. The number of piperazine rings is 1. The molecule has 0 saturated carbocycles. The van der Waals surface area contributed by atoms with Crippen molar-refractivity contribution in [2.45, 2.75) is 13.8 Å². The molecule has 1 saturated heterocycles. The highest BCUT2D eigenvalue weighted by Crippen LogP contribution is 2.20. The van der Waals surface area contributed by atoms with Crippen molar-refractivity contribution in [2.75, 3.05) is 41.3 Å². The van der Waals surface area contributed by atoms with Crippen LogP contribution in [0.5, 0.6) is 0 Å².